The van der Waals surface area contributed by atoms with Gasteiger partial charge in [0.1, 0.15) is 5.82 Å². The molecule has 0 spiro atoms. The smallest absolute Gasteiger partial charge is 0.423 e. The zero-order valence-corrected chi connectivity index (χ0v) is 29.1. The van der Waals surface area contributed by atoms with Gasteiger partial charge in [0.2, 0.25) is 0 Å². The Morgan fingerprint density at radius 2 is 1.56 bits per heavy atom. The lowest BCUT2D eigenvalue weighted by Crippen LogP contribution is -2.30. The molecule has 0 radical (unpaired) electrons. The van der Waals surface area contributed by atoms with E-state index in [0.29, 0.717) is 39.3 Å². The monoisotopic (exact) mass is 688 g/mol. The third kappa shape index (κ3) is 9.95. The number of nitrogens with zero attached hydrogens (tertiary/aromatic N) is 2. The van der Waals surface area contributed by atoms with Crippen LogP contribution in [0, 0.1) is 11.8 Å². The average Bonchev–Trinajstić information content (AvgIpc) is 3.13. The standard InChI is InChI=1S/C32H33ClN4O.C8H9BO3/c1-21(38)26-6-3-7-27(17-26)25-11-8-22(9-12-25)10-15-31-36-30-18-28(33)13-14-29(30)32(37-31)35-20-24-5-2-4-23(16-24)19-34;1-6(10)7-3-2-4-8(5-7)9(11)12/h3,6-15,17-18,23-24H,2,4-5,16,19-20,34H2,1H3,(H,35,36,37);2-5,11-12H,1H3. The minimum atomic E-state index is -1.51. The van der Waals surface area contributed by atoms with Crippen LogP contribution in [0.1, 0.15) is 71.6 Å². The zero-order valence-electron chi connectivity index (χ0n) is 28.4. The summed E-state index contributed by atoms with van der Waals surface area (Å²) < 4.78 is 0. The number of hydrogen-bond donors (Lipinski definition) is 4. The molecule has 1 heterocycles. The quantitative estimate of drug-likeness (QED) is 0.0903. The molecule has 0 bridgehead atoms. The molecule has 2 unspecified atom stereocenters. The van der Waals surface area contributed by atoms with Crippen molar-refractivity contribution in [2.75, 3.05) is 18.4 Å². The number of nitrogens with two attached hydrogens (primary N) is 1. The molecule has 5 N–H and O–H groups in total. The number of carbonyl (C=O) groups excluding carboxylic acids is 2. The van der Waals surface area contributed by atoms with E-state index >= 15 is 0 Å². The Balaban J connectivity index is 0.000000343. The van der Waals surface area contributed by atoms with Gasteiger partial charge >= 0.3 is 7.12 Å². The number of anilines is 1. The number of rotatable bonds is 10. The molecule has 50 heavy (non-hydrogen) atoms. The summed E-state index contributed by atoms with van der Waals surface area (Å²) >= 11 is 6.29. The van der Waals surface area contributed by atoms with Gasteiger partial charge in [-0.15, -0.1) is 0 Å². The minimum Gasteiger partial charge on any atom is -0.423 e. The largest absolute Gasteiger partial charge is 0.488 e. The summed E-state index contributed by atoms with van der Waals surface area (Å²) in [5.41, 5.74) is 11.4. The maximum absolute atomic E-state index is 11.7. The van der Waals surface area contributed by atoms with Crippen molar-refractivity contribution >= 4 is 64.6 Å². The van der Waals surface area contributed by atoms with Gasteiger partial charge in [-0.1, -0.05) is 90.8 Å². The summed E-state index contributed by atoms with van der Waals surface area (Å²) in [6.45, 7) is 4.67. The third-order valence-corrected chi connectivity index (χ3v) is 9.22. The van der Waals surface area contributed by atoms with Gasteiger partial charge in [0.25, 0.3) is 0 Å². The van der Waals surface area contributed by atoms with Crippen LogP contribution in [0.5, 0.6) is 0 Å². The van der Waals surface area contributed by atoms with E-state index in [4.69, 9.17) is 37.4 Å². The molecule has 1 aliphatic rings. The van der Waals surface area contributed by atoms with Gasteiger partial charge in [-0.3, -0.25) is 9.59 Å². The number of Topliss-reactive ketones (excluding diaryl/α,β-unsaturated/α-hetero) is 2. The van der Waals surface area contributed by atoms with E-state index in [2.05, 4.69) is 29.6 Å². The number of nitrogens with one attached hydrogen (secondary N) is 1. The zero-order chi connectivity index (χ0) is 35.6. The van der Waals surface area contributed by atoms with Crippen molar-refractivity contribution in [1.29, 1.82) is 0 Å². The molecule has 4 aromatic carbocycles. The van der Waals surface area contributed by atoms with Crippen molar-refractivity contribution in [3.63, 3.8) is 0 Å². The molecule has 1 aromatic heterocycles. The lowest BCUT2D eigenvalue weighted by atomic mass is 9.79. The first-order valence-electron chi connectivity index (χ1n) is 16.9. The number of benzene rings is 4. The van der Waals surface area contributed by atoms with Crippen molar-refractivity contribution in [2.45, 2.75) is 39.5 Å². The van der Waals surface area contributed by atoms with E-state index < -0.39 is 7.12 Å². The third-order valence-electron chi connectivity index (χ3n) is 8.99. The summed E-state index contributed by atoms with van der Waals surface area (Å²) in [4.78, 5) is 32.2. The summed E-state index contributed by atoms with van der Waals surface area (Å²) in [7, 11) is -1.51. The summed E-state index contributed by atoms with van der Waals surface area (Å²) in [5.74, 6) is 2.67. The van der Waals surface area contributed by atoms with Crippen molar-refractivity contribution in [2.24, 2.45) is 17.6 Å². The lowest BCUT2D eigenvalue weighted by Gasteiger charge is -2.28. The molecule has 10 heteroatoms. The Morgan fingerprint density at radius 3 is 2.26 bits per heavy atom. The molecule has 1 aliphatic carbocycles. The first-order chi connectivity index (χ1) is 24.1. The number of halogens is 1. The van der Waals surface area contributed by atoms with E-state index in [9.17, 15) is 9.59 Å². The lowest BCUT2D eigenvalue weighted by molar-refractivity contribution is 0.100. The van der Waals surface area contributed by atoms with Gasteiger partial charge in [-0.2, -0.15) is 0 Å². The van der Waals surface area contributed by atoms with Crippen molar-refractivity contribution in [3.05, 3.63) is 119 Å². The van der Waals surface area contributed by atoms with Gasteiger partial charge < -0.3 is 21.1 Å². The summed E-state index contributed by atoms with van der Waals surface area (Å²) in [6.07, 6.45) is 8.81. The molecule has 5 aromatic rings. The number of ketones is 2. The van der Waals surface area contributed by atoms with Crippen LogP contribution in [0.2, 0.25) is 5.02 Å². The maximum atomic E-state index is 11.7. The highest BCUT2D eigenvalue weighted by Gasteiger charge is 2.21. The average molecular weight is 689 g/mol. The molecule has 0 amide bonds. The number of fused-ring (bicyclic) bond motifs is 1. The molecule has 6 rings (SSSR count). The maximum Gasteiger partial charge on any atom is 0.488 e. The highest BCUT2D eigenvalue weighted by molar-refractivity contribution is 6.58. The van der Waals surface area contributed by atoms with E-state index in [-0.39, 0.29) is 11.6 Å². The predicted octanol–water partition coefficient (Wildman–Crippen LogP) is 7.07. The van der Waals surface area contributed by atoms with Crippen LogP contribution < -0.4 is 16.5 Å². The molecular weight excluding hydrogens is 647 g/mol. The van der Waals surface area contributed by atoms with Gasteiger partial charge in [-0.05, 0) is 104 Å². The molecular formula is C40H42BClN4O4. The van der Waals surface area contributed by atoms with Gasteiger partial charge in [-0.25, -0.2) is 9.97 Å². The van der Waals surface area contributed by atoms with Crippen LogP contribution in [-0.4, -0.2) is 51.8 Å². The summed E-state index contributed by atoms with van der Waals surface area (Å²) in [5, 5.41) is 22.8. The van der Waals surface area contributed by atoms with E-state index in [1.54, 1.807) is 25.1 Å². The number of hydrogen-bond acceptors (Lipinski definition) is 8. The second kappa shape index (κ2) is 17.3. The van der Waals surface area contributed by atoms with Crippen LogP contribution in [0.3, 0.4) is 0 Å². The Kier molecular flexibility index (Phi) is 12.7. The van der Waals surface area contributed by atoms with Crippen LogP contribution in [-0.2, 0) is 0 Å². The Bertz CT molecular complexity index is 1980. The van der Waals surface area contributed by atoms with Crippen molar-refractivity contribution in [3.8, 4) is 11.1 Å². The predicted molar refractivity (Wildman–Crippen MR) is 205 cm³/mol. The molecule has 2 atom stereocenters. The molecule has 0 aliphatic heterocycles. The van der Waals surface area contributed by atoms with Gasteiger partial charge in [0.05, 0.1) is 5.52 Å². The molecule has 0 saturated heterocycles. The highest BCUT2D eigenvalue weighted by Crippen LogP contribution is 2.30. The topological polar surface area (TPSA) is 138 Å². The van der Waals surface area contributed by atoms with Crippen LogP contribution >= 0.6 is 11.6 Å². The molecule has 256 valence electrons. The molecule has 8 nitrogen and oxygen atoms in total. The van der Waals surface area contributed by atoms with Crippen LogP contribution in [0.4, 0.5) is 5.82 Å². The van der Waals surface area contributed by atoms with Gasteiger partial charge in [0, 0.05) is 28.1 Å². The second-order valence-corrected chi connectivity index (χ2v) is 13.2. The SMILES string of the molecule is CC(=O)c1cccc(-c2ccc(C=Cc3nc(NCC4CCCC(CN)C4)c4ccc(Cl)cc4n3)cc2)c1.CC(=O)c1cccc(B(O)O)c1. The highest BCUT2D eigenvalue weighted by atomic mass is 35.5. The molecule has 1 saturated carbocycles. The second-order valence-electron chi connectivity index (χ2n) is 12.8. The van der Waals surface area contributed by atoms with E-state index in [0.717, 1.165) is 46.5 Å². The first-order valence-corrected chi connectivity index (χ1v) is 17.2. The molecule has 1 fully saturated rings. The van der Waals surface area contributed by atoms with Crippen LogP contribution in [0.15, 0.2) is 91.0 Å². The fourth-order valence-electron chi connectivity index (χ4n) is 6.17. The Morgan fingerprint density at radius 1 is 0.860 bits per heavy atom. The van der Waals surface area contributed by atoms with Crippen molar-refractivity contribution in [1.82, 2.24) is 9.97 Å². The van der Waals surface area contributed by atoms with Gasteiger partial charge in [0.15, 0.2) is 17.4 Å². The Labute approximate surface area is 298 Å². The number of carbonyl (C=O) groups is 2. The van der Waals surface area contributed by atoms with E-state index in [1.165, 1.54) is 38.7 Å². The number of aromatic nitrogens is 2. The fourth-order valence-corrected chi connectivity index (χ4v) is 6.33. The Hall–Kier alpha value is -4.67. The fraction of sp³-hybridized carbons (Fsp3) is 0.250. The van der Waals surface area contributed by atoms with Crippen molar-refractivity contribution < 1.29 is 19.6 Å². The summed E-state index contributed by atoms with van der Waals surface area (Å²) in [6, 6.07) is 28.0. The minimum absolute atomic E-state index is 0.0652. The van der Waals surface area contributed by atoms with E-state index in [1.807, 2.05) is 54.6 Å². The normalized spacial score (nSPS) is 15.7. The van der Waals surface area contributed by atoms with Crippen LogP contribution in [0.25, 0.3) is 34.2 Å². The first kappa shape index (κ1) is 36.6.